The number of nitrogens with one attached hydrogen (secondary N) is 1. The average molecular weight is 556 g/mol. The summed E-state index contributed by atoms with van der Waals surface area (Å²) in [6.07, 6.45) is 1.52. The molecule has 10 heteroatoms. The first-order chi connectivity index (χ1) is 14.3. The Hall–Kier alpha value is -2.30. The number of hydrogen-bond donors (Lipinski definition) is 2. The van der Waals surface area contributed by atoms with Crippen molar-refractivity contribution in [3.05, 3.63) is 55.8 Å². The molecular weight excluding hydrogens is 540 g/mol. The van der Waals surface area contributed by atoms with E-state index in [0.29, 0.717) is 22.3 Å². The summed E-state index contributed by atoms with van der Waals surface area (Å²) in [5, 5.41) is 12.0. The van der Waals surface area contributed by atoms with Crippen LogP contribution in [-0.2, 0) is 9.59 Å². The average Bonchev–Trinajstić information content (AvgIpc) is 2.95. The van der Waals surface area contributed by atoms with E-state index >= 15 is 0 Å². The van der Waals surface area contributed by atoms with Gasteiger partial charge in [-0.1, -0.05) is 31.9 Å². The van der Waals surface area contributed by atoms with E-state index in [1.54, 1.807) is 37.3 Å². The summed E-state index contributed by atoms with van der Waals surface area (Å²) in [6.45, 7) is 1.75. The second kappa shape index (κ2) is 9.67. The molecule has 0 spiro atoms. The van der Waals surface area contributed by atoms with Gasteiger partial charge in [-0.3, -0.25) is 19.3 Å². The molecule has 156 valence electrons. The van der Waals surface area contributed by atoms with E-state index in [1.165, 1.54) is 12.1 Å². The number of halogens is 2. The minimum absolute atomic E-state index is 0.0430. The lowest BCUT2D eigenvalue weighted by atomic mass is 10.2. The number of amides is 3. The van der Waals surface area contributed by atoms with Crippen molar-refractivity contribution in [1.82, 2.24) is 4.90 Å². The topological polar surface area (TPSA) is 95.9 Å². The predicted molar refractivity (Wildman–Crippen MR) is 122 cm³/mol. The van der Waals surface area contributed by atoms with Crippen molar-refractivity contribution in [2.24, 2.45) is 0 Å². The van der Waals surface area contributed by atoms with E-state index in [4.69, 9.17) is 4.74 Å². The summed E-state index contributed by atoms with van der Waals surface area (Å²) >= 11 is 7.38. The largest absolute Gasteiger partial charge is 0.504 e. The predicted octanol–water partition coefficient (Wildman–Crippen LogP) is 4.99. The maximum atomic E-state index is 12.7. The van der Waals surface area contributed by atoms with Gasteiger partial charge in [0.2, 0.25) is 5.91 Å². The fourth-order valence-electron chi connectivity index (χ4n) is 2.60. The van der Waals surface area contributed by atoms with Crippen molar-refractivity contribution < 1.29 is 24.2 Å². The van der Waals surface area contributed by atoms with Gasteiger partial charge in [0.25, 0.3) is 11.1 Å². The van der Waals surface area contributed by atoms with Crippen molar-refractivity contribution in [3.8, 4) is 11.5 Å². The number of benzene rings is 2. The van der Waals surface area contributed by atoms with Crippen LogP contribution >= 0.6 is 43.6 Å². The monoisotopic (exact) mass is 554 g/mol. The molecule has 2 aromatic carbocycles. The van der Waals surface area contributed by atoms with E-state index in [2.05, 4.69) is 37.2 Å². The highest BCUT2D eigenvalue weighted by Crippen LogP contribution is 2.37. The molecule has 1 heterocycles. The number of phenolic OH excluding ortho intramolecular Hbond substituents is 1. The molecule has 0 aromatic heterocycles. The number of carbonyl (C=O) groups excluding carboxylic acids is 3. The van der Waals surface area contributed by atoms with Gasteiger partial charge in [0.1, 0.15) is 6.54 Å². The third-order valence-electron chi connectivity index (χ3n) is 3.97. The first-order valence-corrected chi connectivity index (χ1v) is 11.1. The lowest BCUT2D eigenvalue weighted by Gasteiger charge is -2.12. The number of ether oxygens (including phenoxy) is 1. The van der Waals surface area contributed by atoms with Crippen LogP contribution in [0, 0.1) is 0 Å². The normalized spacial score (nSPS) is 15.0. The number of aromatic hydroxyl groups is 1. The van der Waals surface area contributed by atoms with E-state index in [9.17, 15) is 19.5 Å². The second-order valence-electron chi connectivity index (χ2n) is 6.10. The Morgan fingerprint density at radius 2 is 1.93 bits per heavy atom. The smallest absolute Gasteiger partial charge is 0.294 e. The van der Waals surface area contributed by atoms with Gasteiger partial charge in [-0.25, -0.2) is 0 Å². The number of carbonyl (C=O) groups is 3. The van der Waals surface area contributed by atoms with Gasteiger partial charge < -0.3 is 15.2 Å². The van der Waals surface area contributed by atoms with Crippen LogP contribution in [0.15, 0.2) is 50.2 Å². The molecule has 1 saturated heterocycles. The molecule has 0 saturated carbocycles. The maximum Gasteiger partial charge on any atom is 0.294 e. The van der Waals surface area contributed by atoms with Crippen LogP contribution < -0.4 is 10.1 Å². The second-order valence-corrected chi connectivity index (χ2v) is 8.86. The molecule has 7 nitrogen and oxygen atoms in total. The van der Waals surface area contributed by atoms with E-state index < -0.39 is 17.1 Å². The van der Waals surface area contributed by atoms with E-state index in [1.807, 2.05) is 0 Å². The Labute approximate surface area is 193 Å². The van der Waals surface area contributed by atoms with Crippen molar-refractivity contribution >= 4 is 72.4 Å². The fourth-order valence-corrected chi connectivity index (χ4v) is 4.13. The highest BCUT2D eigenvalue weighted by Gasteiger charge is 2.36. The zero-order valence-electron chi connectivity index (χ0n) is 15.6. The molecule has 3 amide bonds. The number of hydrogen-bond acceptors (Lipinski definition) is 6. The van der Waals surface area contributed by atoms with E-state index in [-0.39, 0.29) is 22.9 Å². The molecule has 2 aromatic rings. The molecule has 0 radical (unpaired) electrons. The Morgan fingerprint density at radius 1 is 1.23 bits per heavy atom. The highest BCUT2D eigenvalue weighted by molar-refractivity contribution is 9.10. The van der Waals surface area contributed by atoms with Crippen LogP contribution in [0.4, 0.5) is 10.5 Å². The molecule has 0 unspecified atom stereocenters. The zero-order valence-corrected chi connectivity index (χ0v) is 19.6. The molecule has 3 rings (SSSR count). The van der Waals surface area contributed by atoms with Crippen molar-refractivity contribution in [3.63, 3.8) is 0 Å². The molecule has 1 aliphatic heterocycles. The maximum absolute atomic E-state index is 12.7. The molecule has 0 aliphatic carbocycles. The zero-order chi connectivity index (χ0) is 21.8. The summed E-state index contributed by atoms with van der Waals surface area (Å²) in [5.41, 5.74) is 1.11. The van der Waals surface area contributed by atoms with E-state index in [0.717, 1.165) is 21.1 Å². The number of phenols is 1. The Balaban J connectivity index is 1.75. The van der Waals surface area contributed by atoms with Crippen LogP contribution in [0.1, 0.15) is 12.5 Å². The fraction of sp³-hybridized carbons (Fsp3) is 0.150. The van der Waals surface area contributed by atoms with Gasteiger partial charge in [-0.2, -0.15) is 0 Å². The van der Waals surface area contributed by atoms with Crippen LogP contribution in [0.5, 0.6) is 11.5 Å². The third kappa shape index (κ3) is 5.24. The van der Waals surface area contributed by atoms with Gasteiger partial charge in [-0.15, -0.1) is 0 Å². The van der Waals surface area contributed by atoms with Gasteiger partial charge in [0, 0.05) is 14.6 Å². The number of thioether (sulfide) groups is 1. The van der Waals surface area contributed by atoms with Gasteiger partial charge >= 0.3 is 0 Å². The lowest BCUT2D eigenvalue weighted by molar-refractivity contribution is -0.127. The number of rotatable bonds is 6. The van der Waals surface area contributed by atoms with Gasteiger partial charge in [0.05, 0.1) is 11.5 Å². The first-order valence-electron chi connectivity index (χ1n) is 8.74. The minimum atomic E-state index is -0.561. The van der Waals surface area contributed by atoms with Crippen molar-refractivity contribution in [1.29, 1.82) is 0 Å². The van der Waals surface area contributed by atoms with Gasteiger partial charge in [-0.05, 0) is 66.7 Å². The molecule has 0 bridgehead atoms. The standard InChI is InChI=1S/C20H16Br2N2O5S/c1-2-29-16-7-11(14(22)9-15(16)25)8-17-19(27)24(20(28)30-17)10-18(26)23-13-5-3-12(21)4-6-13/h3-9,25H,2,10H2,1H3,(H,23,26)/b17-8-. The summed E-state index contributed by atoms with van der Waals surface area (Å²) in [4.78, 5) is 38.3. The molecule has 1 fully saturated rings. The summed E-state index contributed by atoms with van der Waals surface area (Å²) in [5.74, 6) is -0.821. The van der Waals surface area contributed by atoms with Crippen LogP contribution in [0.3, 0.4) is 0 Å². The molecule has 0 atom stereocenters. The Bertz CT molecular complexity index is 1040. The summed E-state index contributed by atoms with van der Waals surface area (Å²) < 4.78 is 6.75. The summed E-state index contributed by atoms with van der Waals surface area (Å²) in [6, 6.07) is 9.96. The van der Waals surface area contributed by atoms with Crippen molar-refractivity contribution in [2.75, 3.05) is 18.5 Å². The first kappa shape index (κ1) is 22.4. The Morgan fingerprint density at radius 3 is 2.60 bits per heavy atom. The van der Waals surface area contributed by atoms with Crippen LogP contribution in [0.25, 0.3) is 6.08 Å². The molecule has 2 N–H and O–H groups in total. The molecule has 1 aliphatic rings. The quantitative estimate of drug-likeness (QED) is 0.487. The SMILES string of the molecule is CCOc1cc(/C=C2\SC(=O)N(CC(=O)Nc3ccc(Br)cc3)C2=O)c(Br)cc1O. The van der Waals surface area contributed by atoms with Crippen LogP contribution in [0.2, 0.25) is 0 Å². The van der Waals surface area contributed by atoms with Gasteiger partial charge in [0.15, 0.2) is 11.5 Å². The minimum Gasteiger partial charge on any atom is -0.504 e. The number of anilines is 1. The number of nitrogens with zero attached hydrogens (tertiary/aromatic N) is 1. The van der Waals surface area contributed by atoms with Crippen LogP contribution in [-0.4, -0.2) is 40.2 Å². The third-order valence-corrected chi connectivity index (χ3v) is 6.09. The summed E-state index contributed by atoms with van der Waals surface area (Å²) in [7, 11) is 0. The van der Waals surface area contributed by atoms with Crippen molar-refractivity contribution in [2.45, 2.75) is 6.92 Å². The Kier molecular flexibility index (Phi) is 7.22. The lowest BCUT2D eigenvalue weighted by Crippen LogP contribution is -2.36. The highest BCUT2D eigenvalue weighted by atomic mass is 79.9. The molecular formula is C20H16Br2N2O5S. The molecule has 30 heavy (non-hydrogen) atoms. The number of imide groups is 1.